The van der Waals surface area contributed by atoms with Gasteiger partial charge in [-0.2, -0.15) is 5.10 Å². The van der Waals surface area contributed by atoms with E-state index in [0.29, 0.717) is 10.8 Å². The Bertz CT molecular complexity index is 496. The van der Waals surface area contributed by atoms with Gasteiger partial charge < -0.3 is 5.11 Å². The van der Waals surface area contributed by atoms with Crippen molar-refractivity contribution in [3.05, 3.63) is 41.4 Å². The quantitative estimate of drug-likeness (QED) is 0.839. The first-order chi connectivity index (χ1) is 7.18. The molecular weight excluding hydrogens is 253 g/mol. The van der Waals surface area contributed by atoms with E-state index >= 15 is 0 Å². The Balaban J connectivity index is 0.00000128. The van der Waals surface area contributed by atoms with E-state index in [1.165, 1.54) is 23.1 Å². The zero-order chi connectivity index (χ0) is 10.8. The summed E-state index contributed by atoms with van der Waals surface area (Å²) in [7, 11) is 0. The van der Waals surface area contributed by atoms with Gasteiger partial charge in [0.05, 0.1) is 18.1 Å². The first kappa shape index (κ1) is 12.5. The molecule has 0 aliphatic heterocycles. The standard InChI is InChI=1S/C9H6ClN3O2.ClH/c10-8-2-1-6(5-11-8)13-7(9(14)15)3-4-12-13;/h1-5H,(H,14,15);1H. The van der Waals surface area contributed by atoms with Gasteiger partial charge in [-0.15, -0.1) is 12.4 Å². The fourth-order valence-electron chi connectivity index (χ4n) is 1.16. The molecule has 2 aromatic heterocycles. The lowest BCUT2D eigenvalue weighted by Crippen LogP contribution is -2.07. The lowest BCUT2D eigenvalue weighted by atomic mass is 10.4. The first-order valence-corrected chi connectivity index (χ1v) is 4.45. The van der Waals surface area contributed by atoms with Gasteiger partial charge in [0, 0.05) is 0 Å². The average molecular weight is 260 g/mol. The minimum Gasteiger partial charge on any atom is -0.477 e. The summed E-state index contributed by atoms with van der Waals surface area (Å²) in [4.78, 5) is 14.7. The van der Waals surface area contributed by atoms with E-state index in [2.05, 4.69) is 10.1 Å². The minimum absolute atomic E-state index is 0. The summed E-state index contributed by atoms with van der Waals surface area (Å²) < 4.78 is 1.28. The molecule has 2 heterocycles. The fraction of sp³-hybridized carbons (Fsp3) is 0. The second-order valence-electron chi connectivity index (χ2n) is 2.77. The van der Waals surface area contributed by atoms with Gasteiger partial charge in [0.15, 0.2) is 5.69 Å². The molecule has 2 aromatic rings. The number of carbonyl (C=O) groups is 1. The van der Waals surface area contributed by atoms with Crippen LogP contribution in [-0.4, -0.2) is 25.8 Å². The molecule has 0 aliphatic rings. The number of hydrogen-bond donors (Lipinski definition) is 1. The SMILES string of the molecule is Cl.O=C(O)c1ccnn1-c1ccc(Cl)nc1. The Morgan fingerprint density at radius 2 is 2.12 bits per heavy atom. The van der Waals surface area contributed by atoms with Crippen LogP contribution in [0.1, 0.15) is 10.5 Å². The van der Waals surface area contributed by atoms with Crippen molar-refractivity contribution >= 4 is 30.0 Å². The Labute approximate surface area is 102 Å². The third-order valence-corrected chi connectivity index (χ3v) is 2.04. The van der Waals surface area contributed by atoms with Gasteiger partial charge in [-0.1, -0.05) is 11.6 Å². The molecule has 84 valence electrons. The number of halogens is 2. The van der Waals surface area contributed by atoms with Gasteiger partial charge in [0.25, 0.3) is 0 Å². The first-order valence-electron chi connectivity index (χ1n) is 4.08. The molecule has 0 spiro atoms. The molecule has 16 heavy (non-hydrogen) atoms. The predicted octanol–water partition coefficient (Wildman–Crippen LogP) is 2.04. The van der Waals surface area contributed by atoms with Crippen molar-refractivity contribution in [3.63, 3.8) is 0 Å². The van der Waals surface area contributed by atoms with Crippen molar-refractivity contribution in [2.75, 3.05) is 0 Å². The lowest BCUT2D eigenvalue weighted by Gasteiger charge is -2.03. The molecule has 0 bridgehead atoms. The molecule has 0 saturated carbocycles. The van der Waals surface area contributed by atoms with Crippen molar-refractivity contribution in [2.45, 2.75) is 0 Å². The van der Waals surface area contributed by atoms with E-state index in [1.54, 1.807) is 12.1 Å². The summed E-state index contributed by atoms with van der Waals surface area (Å²) in [6.07, 6.45) is 2.87. The Hall–Kier alpha value is -1.59. The van der Waals surface area contributed by atoms with Gasteiger partial charge in [-0.05, 0) is 18.2 Å². The number of aromatic nitrogens is 3. The van der Waals surface area contributed by atoms with E-state index < -0.39 is 5.97 Å². The van der Waals surface area contributed by atoms with Crippen molar-refractivity contribution < 1.29 is 9.90 Å². The summed E-state index contributed by atoms with van der Waals surface area (Å²) in [5, 5.41) is 13.1. The van der Waals surface area contributed by atoms with Gasteiger partial charge in [-0.3, -0.25) is 0 Å². The third kappa shape index (κ3) is 2.32. The Morgan fingerprint density at radius 3 is 2.69 bits per heavy atom. The van der Waals surface area contributed by atoms with Gasteiger partial charge in [0.2, 0.25) is 0 Å². The lowest BCUT2D eigenvalue weighted by molar-refractivity contribution is 0.0687. The molecule has 0 atom stereocenters. The monoisotopic (exact) mass is 259 g/mol. The van der Waals surface area contributed by atoms with E-state index in [1.807, 2.05) is 0 Å². The van der Waals surface area contributed by atoms with Crippen LogP contribution in [0.4, 0.5) is 0 Å². The number of nitrogens with zero attached hydrogens (tertiary/aromatic N) is 3. The summed E-state index contributed by atoms with van der Waals surface area (Å²) in [5.74, 6) is -1.04. The second kappa shape index (κ2) is 4.96. The van der Waals surface area contributed by atoms with Crippen LogP contribution in [0.3, 0.4) is 0 Å². The van der Waals surface area contributed by atoms with E-state index in [-0.39, 0.29) is 18.1 Å². The van der Waals surface area contributed by atoms with E-state index in [9.17, 15) is 4.79 Å². The fourth-order valence-corrected chi connectivity index (χ4v) is 1.28. The van der Waals surface area contributed by atoms with Crippen LogP contribution in [0.5, 0.6) is 0 Å². The molecule has 7 heteroatoms. The van der Waals surface area contributed by atoms with E-state index in [0.717, 1.165) is 0 Å². The van der Waals surface area contributed by atoms with E-state index in [4.69, 9.17) is 16.7 Å². The highest BCUT2D eigenvalue weighted by molar-refractivity contribution is 6.29. The zero-order valence-electron chi connectivity index (χ0n) is 7.87. The van der Waals surface area contributed by atoms with Crippen molar-refractivity contribution in [1.82, 2.24) is 14.8 Å². The second-order valence-corrected chi connectivity index (χ2v) is 3.16. The topological polar surface area (TPSA) is 68.0 Å². The molecule has 2 rings (SSSR count). The molecule has 0 amide bonds. The number of carboxylic acid groups (broad SMARTS) is 1. The normalized spacial score (nSPS) is 9.56. The highest BCUT2D eigenvalue weighted by Crippen LogP contribution is 2.11. The van der Waals surface area contributed by atoms with Gasteiger partial charge in [-0.25, -0.2) is 14.5 Å². The molecule has 0 fully saturated rings. The van der Waals surface area contributed by atoms with Crippen molar-refractivity contribution in [1.29, 1.82) is 0 Å². The van der Waals surface area contributed by atoms with Crippen LogP contribution in [-0.2, 0) is 0 Å². The van der Waals surface area contributed by atoms with Crippen molar-refractivity contribution in [3.8, 4) is 5.69 Å². The van der Waals surface area contributed by atoms with Crippen molar-refractivity contribution in [2.24, 2.45) is 0 Å². The van der Waals surface area contributed by atoms with Crippen LogP contribution in [0.15, 0.2) is 30.6 Å². The Morgan fingerprint density at radius 1 is 1.38 bits per heavy atom. The average Bonchev–Trinajstić information content (AvgIpc) is 2.67. The minimum atomic E-state index is -1.04. The molecular formula is C9H7Cl2N3O2. The molecule has 0 aliphatic carbocycles. The molecule has 5 nitrogen and oxygen atoms in total. The molecule has 0 radical (unpaired) electrons. The number of carboxylic acids is 1. The predicted molar refractivity (Wildman–Crippen MR) is 60.6 cm³/mol. The van der Waals surface area contributed by atoms with Gasteiger partial charge >= 0.3 is 5.97 Å². The van der Waals surface area contributed by atoms with Crippen LogP contribution < -0.4 is 0 Å². The maximum atomic E-state index is 10.8. The third-order valence-electron chi connectivity index (χ3n) is 1.82. The summed E-state index contributed by atoms with van der Waals surface area (Å²) >= 11 is 5.62. The van der Waals surface area contributed by atoms with Gasteiger partial charge in [0.1, 0.15) is 5.15 Å². The Kier molecular flexibility index (Phi) is 3.87. The summed E-state index contributed by atoms with van der Waals surface area (Å²) in [5.41, 5.74) is 0.640. The smallest absolute Gasteiger partial charge is 0.354 e. The number of rotatable bonds is 2. The summed E-state index contributed by atoms with van der Waals surface area (Å²) in [6, 6.07) is 4.63. The maximum Gasteiger partial charge on any atom is 0.354 e. The van der Waals surface area contributed by atoms with Crippen LogP contribution >= 0.6 is 24.0 Å². The molecule has 1 N–H and O–H groups in total. The highest BCUT2D eigenvalue weighted by Gasteiger charge is 2.11. The van der Waals surface area contributed by atoms with Crippen LogP contribution in [0.2, 0.25) is 5.15 Å². The zero-order valence-corrected chi connectivity index (χ0v) is 9.44. The molecule has 0 aromatic carbocycles. The summed E-state index contributed by atoms with van der Waals surface area (Å²) in [6.45, 7) is 0. The molecule has 0 unspecified atom stereocenters. The highest BCUT2D eigenvalue weighted by atomic mass is 35.5. The largest absolute Gasteiger partial charge is 0.477 e. The molecule has 0 saturated heterocycles. The number of aromatic carboxylic acids is 1. The maximum absolute atomic E-state index is 10.8. The van der Waals surface area contributed by atoms with Crippen LogP contribution in [0, 0.1) is 0 Å². The number of hydrogen-bond acceptors (Lipinski definition) is 3. The van der Waals surface area contributed by atoms with Crippen LogP contribution in [0.25, 0.3) is 5.69 Å². The number of pyridine rings is 1.